The molecule has 0 bridgehead atoms. The van der Waals surface area contributed by atoms with Crippen LogP contribution in [0.25, 0.3) is 0 Å². The zero-order valence-electron chi connectivity index (χ0n) is 12.2. The lowest BCUT2D eigenvalue weighted by atomic mass is 10.1. The molecule has 4 heteroatoms. The van der Waals surface area contributed by atoms with Crippen molar-refractivity contribution in [2.45, 2.75) is 26.3 Å². The Morgan fingerprint density at radius 2 is 2.16 bits per heavy atom. The number of nitrogens with zero attached hydrogens (tertiary/aromatic N) is 2. The summed E-state index contributed by atoms with van der Waals surface area (Å²) in [5, 5.41) is 0. The number of anilines is 2. The first-order valence-electron chi connectivity index (χ1n) is 7.09. The molecular weight excluding hydrogens is 238 g/mol. The highest BCUT2D eigenvalue weighted by Crippen LogP contribution is 2.29. The molecule has 0 aliphatic carbocycles. The van der Waals surface area contributed by atoms with Gasteiger partial charge in [-0.2, -0.15) is 0 Å². The van der Waals surface area contributed by atoms with Gasteiger partial charge in [0.2, 0.25) is 0 Å². The summed E-state index contributed by atoms with van der Waals surface area (Å²) in [7, 11) is 2.17. The molecule has 1 fully saturated rings. The Morgan fingerprint density at radius 1 is 1.37 bits per heavy atom. The highest BCUT2D eigenvalue weighted by molar-refractivity contribution is 5.62. The molecule has 1 aromatic rings. The van der Waals surface area contributed by atoms with Crippen molar-refractivity contribution >= 4 is 11.4 Å². The van der Waals surface area contributed by atoms with Crippen molar-refractivity contribution in [2.24, 2.45) is 0 Å². The standard InChI is InChI=1S/C15H25N3O/c1-4-9-19-15-10-13(5-6-14(15)16)18-8-7-17(3)11-12(18)2/h5-6,10,12H,4,7-9,11,16H2,1-3H3. The van der Waals surface area contributed by atoms with Crippen molar-refractivity contribution in [1.82, 2.24) is 4.90 Å². The van der Waals surface area contributed by atoms with Gasteiger partial charge in [0.05, 0.1) is 12.3 Å². The van der Waals surface area contributed by atoms with Gasteiger partial charge < -0.3 is 20.3 Å². The molecule has 1 unspecified atom stereocenters. The molecular formula is C15H25N3O. The molecule has 1 aliphatic heterocycles. The Balaban J connectivity index is 2.15. The molecule has 0 saturated carbocycles. The lowest BCUT2D eigenvalue weighted by Crippen LogP contribution is -2.50. The van der Waals surface area contributed by atoms with E-state index in [9.17, 15) is 0 Å². The predicted molar refractivity (Wildman–Crippen MR) is 80.9 cm³/mol. The minimum Gasteiger partial charge on any atom is -0.491 e. The summed E-state index contributed by atoms with van der Waals surface area (Å²) in [5.74, 6) is 0.811. The van der Waals surface area contributed by atoms with E-state index in [1.54, 1.807) is 0 Å². The summed E-state index contributed by atoms with van der Waals surface area (Å²) in [4.78, 5) is 4.80. The number of piperazine rings is 1. The van der Waals surface area contributed by atoms with Gasteiger partial charge in [0.1, 0.15) is 5.75 Å². The fourth-order valence-corrected chi connectivity index (χ4v) is 2.56. The van der Waals surface area contributed by atoms with Crippen molar-refractivity contribution < 1.29 is 4.74 Å². The van der Waals surface area contributed by atoms with Crippen molar-refractivity contribution in [3.63, 3.8) is 0 Å². The lowest BCUT2D eigenvalue weighted by molar-refractivity contribution is 0.275. The SMILES string of the molecule is CCCOc1cc(N2CCN(C)CC2C)ccc1N. The molecule has 1 heterocycles. The first kappa shape index (κ1) is 14.0. The van der Waals surface area contributed by atoms with E-state index in [1.807, 2.05) is 6.07 Å². The molecule has 2 N–H and O–H groups in total. The summed E-state index contributed by atoms with van der Waals surface area (Å²) in [6.07, 6.45) is 0.995. The van der Waals surface area contributed by atoms with Gasteiger partial charge in [-0.3, -0.25) is 0 Å². The summed E-state index contributed by atoms with van der Waals surface area (Å²) in [6.45, 7) is 8.32. The average Bonchev–Trinajstić information content (AvgIpc) is 2.38. The second kappa shape index (κ2) is 6.15. The van der Waals surface area contributed by atoms with Crippen LogP contribution in [0.1, 0.15) is 20.3 Å². The molecule has 106 valence electrons. The van der Waals surface area contributed by atoms with Gasteiger partial charge in [-0.15, -0.1) is 0 Å². The summed E-state index contributed by atoms with van der Waals surface area (Å²) < 4.78 is 5.71. The number of hydrogen-bond acceptors (Lipinski definition) is 4. The number of benzene rings is 1. The number of nitrogens with two attached hydrogens (primary N) is 1. The number of rotatable bonds is 4. The number of hydrogen-bond donors (Lipinski definition) is 1. The second-order valence-corrected chi connectivity index (χ2v) is 5.38. The monoisotopic (exact) mass is 263 g/mol. The van der Waals surface area contributed by atoms with E-state index in [0.29, 0.717) is 12.6 Å². The normalized spacial score (nSPS) is 20.6. The van der Waals surface area contributed by atoms with E-state index >= 15 is 0 Å². The average molecular weight is 263 g/mol. The third kappa shape index (κ3) is 3.32. The van der Waals surface area contributed by atoms with E-state index < -0.39 is 0 Å². The quantitative estimate of drug-likeness (QED) is 0.846. The third-order valence-electron chi connectivity index (χ3n) is 3.62. The van der Waals surface area contributed by atoms with Crippen LogP contribution in [0, 0.1) is 0 Å². The van der Waals surface area contributed by atoms with Crippen molar-refractivity contribution in [3.05, 3.63) is 18.2 Å². The van der Waals surface area contributed by atoms with Crippen LogP contribution in [-0.2, 0) is 0 Å². The van der Waals surface area contributed by atoms with Crippen molar-refractivity contribution in [2.75, 3.05) is 43.9 Å². The van der Waals surface area contributed by atoms with Crippen LogP contribution >= 0.6 is 0 Å². The Kier molecular flexibility index (Phi) is 4.53. The third-order valence-corrected chi connectivity index (χ3v) is 3.62. The fourth-order valence-electron chi connectivity index (χ4n) is 2.56. The fraction of sp³-hybridized carbons (Fsp3) is 0.600. The largest absolute Gasteiger partial charge is 0.491 e. The zero-order chi connectivity index (χ0) is 13.8. The molecule has 2 rings (SSSR count). The molecule has 1 saturated heterocycles. The molecule has 0 spiro atoms. The van der Waals surface area contributed by atoms with Crippen molar-refractivity contribution in [3.8, 4) is 5.75 Å². The summed E-state index contributed by atoms with van der Waals surface area (Å²) in [6, 6.07) is 6.63. The van der Waals surface area contributed by atoms with E-state index in [-0.39, 0.29) is 0 Å². The zero-order valence-corrected chi connectivity index (χ0v) is 12.2. The summed E-state index contributed by atoms with van der Waals surface area (Å²) >= 11 is 0. The van der Waals surface area contributed by atoms with Crippen LogP contribution in [0.2, 0.25) is 0 Å². The molecule has 1 aliphatic rings. The lowest BCUT2D eigenvalue weighted by Gasteiger charge is -2.40. The maximum atomic E-state index is 5.96. The predicted octanol–water partition coefficient (Wildman–Crippen LogP) is 2.20. The van der Waals surface area contributed by atoms with Crippen molar-refractivity contribution in [1.29, 1.82) is 0 Å². The maximum Gasteiger partial charge on any atom is 0.144 e. The molecule has 0 amide bonds. The Morgan fingerprint density at radius 3 is 2.84 bits per heavy atom. The van der Waals surface area contributed by atoms with Crippen LogP contribution < -0.4 is 15.4 Å². The highest BCUT2D eigenvalue weighted by Gasteiger charge is 2.22. The Labute approximate surface area is 116 Å². The van der Waals surface area contributed by atoms with E-state index in [1.165, 1.54) is 5.69 Å². The van der Waals surface area contributed by atoms with Gasteiger partial charge >= 0.3 is 0 Å². The number of likely N-dealkylation sites (N-methyl/N-ethyl adjacent to an activating group) is 1. The van der Waals surface area contributed by atoms with E-state index in [2.05, 4.69) is 42.8 Å². The maximum absolute atomic E-state index is 5.96. The molecule has 1 atom stereocenters. The first-order chi connectivity index (χ1) is 9.11. The molecule has 19 heavy (non-hydrogen) atoms. The molecule has 0 radical (unpaired) electrons. The number of nitrogen functional groups attached to an aromatic ring is 1. The van der Waals surface area contributed by atoms with Gasteiger partial charge in [0.25, 0.3) is 0 Å². The van der Waals surface area contributed by atoms with Crippen LogP contribution in [0.5, 0.6) is 5.75 Å². The first-order valence-corrected chi connectivity index (χ1v) is 7.09. The highest BCUT2D eigenvalue weighted by atomic mass is 16.5. The van der Waals surface area contributed by atoms with Crippen LogP contribution in [0.4, 0.5) is 11.4 Å². The van der Waals surface area contributed by atoms with E-state index in [0.717, 1.165) is 37.5 Å². The Hall–Kier alpha value is -1.42. The van der Waals surface area contributed by atoms with Gasteiger partial charge in [-0.05, 0) is 32.5 Å². The van der Waals surface area contributed by atoms with Gasteiger partial charge in [0.15, 0.2) is 0 Å². The second-order valence-electron chi connectivity index (χ2n) is 5.38. The molecule has 1 aromatic carbocycles. The smallest absolute Gasteiger partial charge is 0.144 e. The van der Waals surface area contributed by atoms with Gasteiger partial charge in [-0.1, -0.05) is 6.92 Å². The number of ether oxygens (including phenoxy) is 1. The van der Waals surface area contributed by atoms with Gasteiger partial charge in [-0.25, -0.2) is 0 Å². The molecule has 4 nitrogen and oxygen atoms in total. The van der Waals surface area contributed by atoms with Gasteiger partial charge in [0, 0.05) is 37.4 Å². The minimum atomic E-state index is 0.515. The van der Waals surface area contributed by atoms with E-state index in [4.69, 9.17) is 10.5 Å². The van der Waals surface area contributed by atoms with Crippen LogP contribution in [-0.4, -0.2) is 44.2 Å². The molecule has 0 aromatic heterocycles. The topological polar surface area (TPSA) is 41.7 Å². The Bertz CT molecular complexity index is 422. The minimum absolute atomic E-state index is 0.515. The van der Waals surface area contributed by atoms with Crippen LogP contribution in [0.15, 0.2) is 18.2 Å². The van der Waals surface area contributed by atoms with Crippen LogP contribution in [0.3, 0.4) is 0 Å². The summed E-state index contributed by atoms with van der Waals surface area (Å²) in [5.41, 5.74) is 7.90.